The molecule has 6 heteroatoms. The molecule has 0 aromatic heterocycles. The van der Waals surface area contributed by atoms with Gasteiger partial charge < -0.3 is 20.5 Å². The largest absolute Gasteiger partial charge is 0.508 e. The van der Waals surface area contributed by atoms with Gasteiger partial charge in [-0.25, -0.2) is 0 Å². The number of para-hydroxylation sites is 1. The van der Waals surface area contributed by atoms with Crippen LogP contribution in [0.1, 0.15) is 5.56 Å². The number of hydrogen-bond donors (Lipinski definition) is 3. The summed E-state index contributed by atoms with van der Waals surface area (Å²) in [4.78, 5) is 11.2. The fourth-order valence-electron chi connectivity index (χ4n) is 2.09. The number of carbonyl (C=O) groups is 1. The molecule has 2 aromatic carbocycles. The topological polar surface area (TPSA) is 70.6 Å². The molecule has 0 spiro atoms. The van der Waals surface area contributed by atoms with Crippen LogP contribution < -0.4 is 15.4 Å². The van der Waals surface area contributed by atoms with Crippen molar-refractivity contribution >= 4 is 28.9 Å². The predicted molar refractivity (Wildman–Crippen MR) is 81.0 cm³/mol. The van der Waals surface area contributed by atoms with Crippen LogP contribution in [-0.4, -0.2) is 17.6 Å². The van der Waals surface area contributed by atoms with Crippen LogP contribution in [0.25, 0.3) is 0 Å². The molecule has 0 atom stereocenters. The summed E-state index contributed by atoms with van der Waals surface area (Å²) in [7, 11) is 0. The minimum absolute atomic E-state index is 0.00640. The van der Waals surface area contributed by atoms with E-state index in [2.05, 4.69) is 10.6 Å². The van der Waals surface area contributed by atoms with Gasteiger partial charge in [-0.15, -0.1) is 0 Å². The van der Waals surface area contributed by atoms with Crippen LogP contribution in [0.5, 0.6) is 11.5 Å². The Morgan fingerprint density at radius 1 is 1.33 bits per heavy atom. The van der Waals surface area contributed by atoms with Gasteiger partial charge in [0, 0.05) is 18.2 Å². The van der Waals surface area contributed by atoms with E-state index in [-0.39, 0.29) is 18.3 Å². The lowest BCUT2D eigenvalue weighted by molar-refractivity contribution is -0.118. The number of benzene rings is 2. The van der Waals surface area contributed by atoms with Crippen LogP contribution in [0, 0.1) is 0 Å². The Kier molecular flexibility index (Phi) is 3.58. The number of aromatic hydroxyl groups is 1. The highest BCUT2D eigenvalue weighted by Gasteiger charge is 2.18. The number of anilines is 2. The lowest BCUT2D eigenvalue weighted by atomic mass is 10.2. The molecule has 1 amide bonds. The Morgan fingerprint density at radius 2 is 2.14 bits per heavy atom. The van der Waals surface area contributed by atoms with E-state index >= 15 is 0 Å². The van der Waals surface area contributed by atoms with Crippen LogP contribution in [0.15, 0.2) is 36.4 Å². The molecule has 0 saturated carbocycles. The van der Waals surface area contributed by atoms with Crippen molar-refractivity contribution in [3.8, 4) is 11.5 Å². The summed E-state index contributed by atoms with van der Waals surface area (Å²) in [5.74, 6) is 0.592. The molecule has 1 aliphatic heterocycles. The zero-order valence-electron chi connectivity index (χ0n) is 11.0. The van der Waals surface area contributed by atoms with E-state index in [0.717, 1.165) is 5.56 Å². The second kappa shape index (κ2) is 5.54. The van der Waals surface area contributed by atoms with E-state index in [1.54, 1.807) is 24.3 Å². The number of halogens is 1. The van der Waals surface area contributed by atoms with Crippen molar-refractivity contribution in [1.29, 1.82) is 0 Å². The van der Waals surface area contributed by atoms with Gasteiger partial charge in [0.2, 0.25) is 0 Å². The third-order valence-electron chi connectivity index (χ3n) is 3.16. The first kappa shape index (κ1) is 13.6. The van der Waals surface area contributed by atoms with E-state index in [1.807, 2.05) is 12.1 Å². The minimum Gasteiger partial charge on any atom is -0.508 e. The number of phenols is 1. The standard InChI is InChI=1S/C15H13ClN2O3/c16-10-5-12-14(21-8-15(20)18-12)6-11(10)17-7-9-3-1-2-4-13(9)19/h1-6,17,19H,7-8H2,(H,18,20). The summed E-state index contributed by atoms with van der Waals surface area (Å²) in [6, 6.07) is 10.4. The minimum atomic E-state index is -0.200. The van der Waals surface area contributed by atoms with Crippen molar-refractivity contribution in [2.75, 3.05) is 17.2 Å². The highest BCUT2D eigenvalue weighted by Crippen LogP contribution is 2.36. The third-order valence-corrected chi connectivity index (χ3v) is 3.48. The normalized spacial score (nSPS) is 13.1. The summed E-state index contributed by atoms with van der Waals surface area (Å²) in [6.45, 7) is 0.422. The van der Waals surface area contributed by atoms with Crippen LogP contribution in [-0.2, 0) is 11.3 Å². The maximum absolute atomic E-state index is 11.2. The van der Waals surface area contributed by atoms with Gasteiger partial charge in [-0.1, -0.05) is 29.8 Å². The molecule has 5 nitrogen and oxygen atoms in total. The number of rotatable bonds is 3. The number of hydrogen-bond acceptors (Lipinski definition) is 4. The molecule has 2 aromatic rings. The molecule has 3 N–H and O–H groups in total. The van der Waals surface area contributed by atoms with E-state index in [9.17, 15) is 9.90 Å². The molecule has 0 radical (unpaired) electrons. The lowest BCUT2D eigenvalue weighted by Gasteiger charge is -2.20. The zero-order chi connectivity index (χ0) is 14.8. The third kappa shape index (κ3) is 2.87. The van der Waals surface area contributed by atoms with Crippen LogP contribution in [0.2, 0.25) is 5.02 Å². The second-order valence-corrected chi connectivity index (χ2v) is 5.05. The maximum Gasteiger partial charge on any atom is 0.262 e. The van der Waals surface area contributed by atoms with Crippen LogP contribution in [0.3, 0.4) is 0 Å². The quantitative estimate of drug-likeness (QED) is 0.815. The number of fused-ring (bicyclic) bond motifs is 1. The Labute approximate surface area is 126 Å². The Balaban J connectivity index is 1.80. The molecule has 0 bridgehead atoms. The van der Waals surface area contributed by atoms with Crippen molar-refractivity contribution in [3.05, 3.63) is 47.0 Å². The van der Waals surface area contributed by atoms with Crippen LogP contribution in [0.4, 0.5) is 11.4 Å². The molecule has 0 aliphatic carbocycles. The first-order chi connectivity index (χ1) is 10.1. The van der Waals surface area contributed by atoms with Gasteiger partial charge >= 0.3 is 0 Å². The fraction of sp³-hybridized carbons (Fsp3) is 0.133. The average molecular weight is 305 g/mol. The maximum atomic E-state index is 11.2. The molecule has 1 heterocycles. The molecular formula is C15H13ClN2O3. The molecule has 0 unspecified atom stereocenters. The summed E-state index contributed by atoms with van der Waals surface area (Å²) < 4.78 is 5.35. The number of nitrogens with one attached hydrogen (secondary N) is 2. The Morgan fingerprint density at radius 3 is 2.95 bits per heavy atom. The summed E-state index contributed by atoms with van der Waals surface area (Å²) in [6.07, 6.45) is 0. The summed E-state index contributed by atoms with van der Waals surface area (Å²) in [5, 5.41) is 16.0. The predicted octanol–water partition coefficient (Wildman–Crippen LogP) is 2.99. The van der Waals surface area contributed by atoms with Gasteiger partial charge in [0.05, 0.1) is 16.4 Å². The zero-order valence-corrected chi connectivity index (χ0v) is 11.8. The molecule has 1 aliphatic rings. The van der Waals surface area contributed by atoms with E-state index in [4.69, 9.17) is 16.3 Å². The van der Waals surface area contributed by atoms with Crippen LogP contribution >= 0.6 is 11.6 Å². The van der Waals surface area contributed by atoms with Gasteiger partial charge in [0.15, 0.2) is 6.61 Å². The summed E-state index contributed by atoms with van der Waals surface area (Å²) >= 11 is 6.18. The van der Waals surface area contributed by atoms with E-state index < -0.39 is 0 Å². The smallest absolute Gasteiger partial charge is 0.262 e. The van der Waals surface area contributed by atoms with Gasteiger partial charge in [-0.05, 0) is 12.1 Å². The van der Waals surface area contributed by atoms with Gasteiger partial charge in [0.1, 0.15) is 11.5 Å². The number of phenolic OH excluding ortho intramolecular Hbond substituents is 1. The molecule has 0 saturated heterocycles. The average Bonchev–Trinajstić information content (AvgIpc) is 2.46. The Hall–Kier alpha value is -2.40. The highest BCUT2D eigenvalue weighted by molar-refractivity contribution is 6.33. The van der Waals surface area contributed by atoms with Gasteiger partial charge in [-0.3, -0.25) is 4.79 Å². The number of ether oxygens (including phenoxy) is 1. The van der Waals surface area contributed by atoms with Crippen molar-refractivity contribution in [2.45, 2.75) is 6.54 Å². The van der Waals surface area contributed by atoms with Crippen molar-refractivity contribution < 1.29 is 14.6 Å². The van der Waals surface area contributed by atoms with Gasteiger partial charge in [0.25, 0.3) is 5.91 Å². The first-order valence-corrected chi connectivity index (χ1v) is 6.78. The SMILES string of the molecule is O=C1COc2cc(NCc3ccccc3O)c(Cl)cc2N1. The van der Waals surface area contributed by atoms with Crippen molar-refractivity contribution in [2.24, 2.45) is 0 Å². The first-order valence-electron chi connectivity index (χ1n) is 6.40. The molecule has 21 heavy (non-hydrogen) atoms. The van der Waals surface area contributed by atoms with Crippen molar-refractivity contribution in [3.63, 3.8) is 0 Å². The molecule has 0 fully saturated rings. The molecule has 3 rings (SSSR count). The fourth-order valence-corrected chi connectivity index (χ4v) is 2.32. The van der Waals surface area contributed by atoms with E-state index in [0.29, 0.717) is 28.7 Å². The monoisotopic (exact) mass is 304 g/mol. The second-order valence-electron chi connectivity index (χ2n) is 4.65. The highest BCUT2D eigenvalue weighted by atomic mass is 35.5. The number of carbonyl (C=O) groups excluding carboxylic acids is 1. The van der Waals surface area contributed by atoms with Gasteiger partial charge in [-0.2, -0.15) is 0 Å². The lowest BCUT2D eigenvalue weighted by Crippen LogP contribution is -2.25. The van der Waals surface area contributed by atoms with Crippen molar-refractivity contribution in [1.82, 2.24) is 0 Å². The van der Waals surface area contributed by atoms with E-state index in [1.165, 1.54) is 0 Å². The number of amides is 1. The summed E-state index contributed by atoms with van der Waals surface area (Å²) in [5.41, 5.74) is 2.00. The molecular weight excluding hydrogens is 292 g/mol. The molecule has 108 valence electrons. The Bertz CT molecular complexity index is 703.